The van der Waals surface area contributed by atoms with Crippen molar-refractivity contribution in [2.24, 2.45) is 4.99 Å². The predicted molar refractivity (Wildman–Crippen MR) is 114 cm³/mol. The lowest BCUT2D eigenvalue weighted by Crippen LogP contribution is -2.16. The van der Waals surface area contributed by atoms with E-state index < -0.39 is 26.7 Å². The molecule has 9 heteroatoms. The minimum Gasteiger partial charge on any atom is -0.284 e. The van der Waals surface area contributed by atoms with Gasteiger partial charge < -0.3 is 0 Å². The third-order valence-electron chi connectivity index (χ3n) is 4.86. The molecule has 0 spiro atoms. The molecule has 1 aliphatic heterocycles. The van der Waals surface area contributed by atoms with Crippen LogP contribution < -0.4 is 4.72 Å². The molecule has 0 aliphatic carbocycles. The number of aliphatic imine (C=N–C) groups is 1. The van der Waals surface area contributed by atoms with Gasteiger partial charge in [0.2, 0.25) is 0 Å². The van der Waals surface area contributed by atoms with E-state index in [2.05, 4.69) is 9.71 Å². The number of benzene rings is 3. The number of nitrogens with zero attached hydrogens (tertiary/aromatic N) is 1. The van der Waals surface area contributed by atoms with Crippen LogP contribution in [-0.4, -0.2) is 20.7 Å². The third kappa shape index (κ3) is 4.60. The van der Waals surface area contributed by atoms with Crippen molar-refractivity contribution in [3.8, 4) is 0 Å². The van der Waals surface area contributed by atoms with Crippen LogP contribution >= 0.6 is 11.6 Å². The molecular formula is C22H16ClF3N2O2S. The Kier molecular flexibility index (Phi) is 5.53. The SMILES string of the molecule is O=S(=O)(Nc1ccc(C2=NCCc3ccc(Cl)cc32)cc1)c1cccc(C(F)(F)F)c1. The first-order valence-corrected chi connectivity index (χ1v) is 11.1. The molecule has 1 aliphatic rings. The summed E-state index contributed by atoms with van der Waals surface area (Å²) in [5.41, 5.74) is 2.79. The fourth-order valence-electron chi connectivity index (χ4n) is 3.36. The van der Waals surface area contributed by atoms with Gasteiger partial charge >= 0.3 is 6.18 Å². The van der Waals surface area contributed by atoms with Crippen molar-refractivity contribution in [3.05, 3.63) is 94.0 Å². The number of hydrogen-bond donors (Lipinski definition) is 1. The van der Waals surface area contributed by atoms with Gasteiger partial charge in [0.05, 0.1) is 16.2 Å². The van der Waals surface area contributed by atoms with Crippen LogP contribution in [0, 0.1) is 0 Å². The monoisotopic (exact) mass is 464 g/mol. The van der Waals surface area contributed by atoms with Crippen molar-refractivity contribution in [1.82, 2.24) is 0 Å². The Hall–Kier alpha value is -2.84. The van der Waals surface area contributed by atoms with Crippen LogP contribution in [0.1, 0.15) is 22.3 Å². The molecule has 0 saturated heterocycles. The van der Waals surface area contributed by atoms with Crippen LogP contribution in [0.25, 0.3) is 0 Å². The third-order valence-corrected chi connectivity index (χ3v) is 6.47. The summed E-state index contributed by atoms with van der Waals surface area (Å²) in [4.78, 5) is 4.11. The van der Waals surface area contributed by atoms with Crippen molar-refractivity contribution in [3.63, 3.8) is 0 Å². The van der Waals surface area contributed by atoms with E-state index in [1.807, 2.05) is 18.2 Å². The summed E-state index contributed by atoms with van der Waals surface area (Å²) in [7, 11) is -4.19. The standard InChI is InChI=1S/C22H16ClF3N2O2S/c23-17-7-4-14-10-11-27-21(20(14)13-17)15-5-8-18(9-6-15)28-31(29,30)19-3-1-2-16(12-19)22(24,25)26/h1-9,12-13,28H,10-11H2. The largest absolute Gasteiger partial charge is 0.416 e. The first-order valence-electron chi connectivity index (χ1n) is 9.27. The van der Waals surface area contributed by atoms with Gasteiger partial charge in [0, 0.05) is 28.4 Å². The smallest absolute Gasteiger partial charge is 0.284 e. The van der Waals surface area contributed by atoms with Crippen LogP contribution in [0.2, 0.25) is 5.02 Å². The molecule has 0 aromatic heterocycles. The van der Waals surface area contributed by atoms with Gasteiger partial charge in [-0.2, -0.15) is 13.2 Å². The van der Waals surface area contributed by atoms with E-state index in [0.717, 1.165) is 47.0 Å². The molecule has 3 aromatic rings. The minimum atomic E-state index is -4.63. The number of rotatable bonds is 4. The average Bonchev–Trinajstić information content (AvgIpc) is 2.73. The lowest BCUT2D eigenvalue weighted by Gasteiger charge is -2.18. The summed E-state index contributed by atoms with van der Waals surface area (Å²) in [6.45, 7) is 0.633. The van der Waals surface area contributed by atoms with Crippen LogP contribution in [0.15, 0.2) is 76.6 Å². The highest BCUT2D eigenvalue weighted by molar-refractivity contribution is 7.92. The Morgan fingerprint density at radius 3 is 2.42 bits per heavy atom. The highest BCUT2D eigenvalue weighted by Crippen LogP contribution is 2.31. The Bertz CT molecular complexity index is 1270. The molecule has 4 nitrogen and oxygen atoms in total. The number of halogens is 4. The molecule has 0 fully saturated rings. The molecule has 160 valence electrons. The molecule has 1 heterocycles. The molecule has 0 saturated carbocycles. The molecule has 31 heavy (non-hydrogen) atoms. The van der Waals surface area contributed by atoms with Crippen molar-refractivity contribution in [1.29, 1.82) is 0 Å². The summed E-state index contributed by atoms with van der Waals surface area (Å²) >= 11 is 6.12. The number of hydrogen-bond acceptors (Lipinski definition) is 3. The summed E-state index contributed by atoms with van der Waals surface area (Å²) in [6, 6.07) is 15.7. The highest BCUT2D eigenvalue weighted by Gasteiger charge is 2.31. The number of fused-ring (bicyclic) bond motifs is 1. The van der Waals surface area contributed by atoms with E-state index in [9.17, 15) is 21.6 Å². The fraction of sp³-hybridized carbons (Fsp3) is 0.136. The molecule has 0 atom stereocenters. The zero-order valence-electron chi connectivity index (χ0n) is 15.9. The van der Waals surface area contributed by atoms with E-state index in [4.69, 9.17) is 11.6 Å². The normalized spacial score (nSPS) is 14.0. The second-order valence-electron chi connectivity index (χ2n) is 6.99. The van der Waals surface area contributed by atoms with Crippen molar-refractivity contribution in [2.45, 2.75) is 17.5 Å². The first-order chi connectivity index (χ1) is 14.6. The second-order valence-corrected chi connectivity index (χ2v) is 9.11. The summed E-state index contributed by atoms with van der Waals surface area (Å²) in [6.07, 6.45) is -3.82. The predicted octanol–water partition coefficient (Wildman–Crippen LogP) is 5.55. The Morgan fingerprint density at radius 1 is 0.968 bits per heavy atom. The van der Waals surface area contributed by atoms with E-state index in [1.165, 1.54) is 0 Å². The van der Waals surface area contributed by atoms with Gasteiger partial charge in [-0.3, -0.25) is 9.71 Å². The molecule has 0 unspecified atom stereocenters. The lowest BCUT2D eigenvalue weighted by molar-refractivity contribution is -0.137. The van der Waals surface area contributed by atoms with E-state index >= 15 is 0 Å². The van der Waals surface area contributed by atoms with Gasteiger partial charge in [0.25, 0.3) is 10.0 Å². The van der Waals surface area contributed by atoms with E-state index in [1.54, 1.807) is 24.3 Å². The summed E-state index contributed by atoms with van der Waals surface area (Å²) in [5, 5.41) is 0.596. The summed E-state index contributed by atoms with van der Waals surface area (Å²) < 4.78 is 66.1. The lowest BCUT2D eigenvalue weighted by atomic mass is 9.93. The first kappa shape index (κ1) is 21.4. The quantitative estimate of drug-likeness (QED) is 0.550. The Labute approximate surface area is 182 Å². The van der Waals surface area contributed by atoms with Crippen LogP contribution in [0.5, 0.6) is 0 Å². The van der Waals surface area contributed by atoms with Gasteiger partial charge in [-0.05, 0) is 54.4 Å². The maximum Gasteiger partial charge on any atom is 0.416 e. The molecule has 0 amide bonds. The molecule has 4 rings (SSSR count). The topological polar surface area (TPSA) is 58.5 Å². The van der Waals surface area contributed by atoms with Gasteiger partial charge in [0.1, 0.15) is 0 Å². The van der Waals surface area contributed by atoms with Crippen molar-refractivity contribution < 1.29 is 21.6 Å². The Balaban J connectivity index is 1.59. The average molecular weight is 465 g/mol. The van der Waals surface area contributed by atoms with Gasteiger partial charge in [-0.1, -0.05) is 35.9 Å². The van der Waals surface area contributed by atoms with Crippen molar-refractivity contribution >= 4 is 33.0 Å². The van der Waals surface area contributed by atoms with Crippen LogP contribution in [0.3, 0.4) is 0 Å². The van der Waals surface area contributed by atoms with Crippen LogP contribution in [0.4, 0.5) is 18.9 Å². The number of nitrogens with one attached hydrogen (secondary N) is 1. The molecular weight excluding hydrogens is 449 g/mol. The zero-order valence-corrected chi connectivity index (χ0v) is 17.5. The van der Waals surface area contributed by atoms with Gasteiger partial charge in [0.15, 0.2) is 0 Å². The maximum absolute atomic E-state index is 12.9. The molecule has 0 bridgehead atoms. The number of sulfonamides is 1. The van der Waals surface area contributed by atoms with E-state index in [-0.39, 0.29) is 5.69 Å². The van der Waals surface area contributed by atoms with Gasteiger partial charge in [-0.25, -0.2) is 8.42 Å². The minimum absolute atomic E-state index is 0.226. The molecule has 0 radical (unpaired) electrons. The van der Waals surface area contributed by atoms with Crippen molar-refractivity contribution in [2.75, 3.05) is 11.3 Å². The molecule has 3 aromatic carbocycles. The number of alkyl halides is 3. The maximum atomic E-state index is 12.9. The summed E-state index contributed by atoms with van der Waals surface area (Å²) in [5.74, 6) is 0. The van der Waals surface area contributed by atoms with Crippen LogP contribution in [-0.2, 0) is 22.6 Å². The van der Waals surface area contributed by atoms with E-state index in [0.29, 0.717) is 17.6 Å². The molecule has 1 N–H and O–H groups in total. The second kappa shape index (κ2) is 8.01. The Morgan fingerprint density at radius 2 is 1.71 bits per heavy atom. The number of anilines is 1. The fourth-order valence-corrected chi connectivity index (χ4v) is 4.63. The zero-order chi connectivity index (χ0) is 22.2. The highest BCUT2D eigenvalue weighted by atomic mass is 35.5. The van der Waals surface area contributed by atoms with Gasteiger partial charge in [-0.15, -0.1) is 0 Å².